The molecule has 0 amide bonds. The molecule has 0 bridgehead atoms. The van der Waals surface area contributed by atoms with Crippen LogP contribution in [0.1, 0.15) is 26.5 Å². The largest absolute Gasteiger partial charge is 0.383 e. The maximum absolute atomic E-state index is 6.07. The molecule has 17 heavy (non-hydrogen) atoms. The van der Waals surface area contributed by atoms with Crippen molar-refractivity contribution in [2.45, 2.75) is 26.2 Å². The monoisotopic (exact) mass is 294 g/mol. The highest BCUT2D eigenvalue weighted by Crippen LogP contribution is 2.34. The van der Waals surface area contributed by atoms with Gasteiger partial charge in [-0.3, -0.25) is 4.98 Å². The number of hydrogen-bond donors (Lipinski definition) is 1. The quantitative estimate of drug-likeness (QED) is 0.880. The molecule has 4 nitrogen and oxygen atoms in total. The van der Waals surface area contributed by atoms with Crippen molar-refractivity contribution in [3.8, 4) is 5.69 Å². The summed E-state index contributed by atoms with van der Waals surface area (Å²) in [7, 11) is 0. The first-order valence-electron chi connectivity index (χ1n) is 5.36. The Kier molecular flexibility index (Phi) is 2.95. The minimum Gasteiger partial charge on any atom is -0.383 e. The summed E-state index contributed by atoms with van der Waals surface area (Å²) in [6.45, 7) is 6.32. The van der Waals surface area contributed by atoms with Crippen LogP contribution in [-0.2, 0) is 5.41 Å². The van der Waals surface area contributed by atoms with Crippen LogP contribution in [-0.4, -0.2) is 14.8 Å². The van der Waals surface area contributed by atoms with Crippen molar-refractivity contribution >= 4 is 21.7 Å². The predicted octanol–water partition coefficient (Wildman–Crippen LogP) is 2.91. The van der Waals surface area contributed by atoms with E-state index in [2.05, 4.69) is 46.8 Å². The SMILES string of the molecule is CC(C)(C)c1nn(-c2ccncc2)c(N)c1Br. The zero-order valence-corrected chi connectivity index (χ0v) is 11.7. The topological polar surface area (TPSA) is 56.7 Å². The Labute approximate surface area is 109 Å². The average molecular weight is 295 g/mol. The van der Waals surface area contributed by atoms with Crippen molar-refractivity contribution in [2.75, 3.05) is 5.73 Å². The molecule has 2 rings (SSSR count). The van der Waals surface area contributed by atoms with E-state index < -0.39 is 0 Å². The molecule has 2 aromatic heterocycles. The molecule has 0 saturated carbocycles. The first-order chi connectivity index (χ1) is 7.91. The number of nitrogen functional groups attached to an aromatic ring is 1. The summed E-state index contributed by atoms with van der Waals surface area (Å²) in [5.74, 6) is 0.612. The number of nitrogens with zero attached hydrogens (tertiary/aromatic N) is 3. The Morgan fingerprint density at radius 3 is 2.29 bits per heavy atom. The highest BCUT2D eigenvalue weighted by molar-refractivity contribution is 9.10. The number of rotatable bonds is 1. The summed E-state index contributed by atoms with van der Waals surface area (Å²) in [5.41, 5.74) is 7.88. The van der Waals surface area contributed by atoms with Gasteiger partial charge in [0.05, 0.1) is 15.9 Å². The van der Waals surface area contributed by atoms with Crippen LogP contribution in [0.2, 0.25) is 0 Å². The molecular formula is C12H15BrN4. The van der Waals surface area contributed by atoms with Gasteiger partial charge in [0.1, 0.15) is 5.82 Å². The Balaban J connectivity index is 2.59. The average Bonchev–Trinajstić information content (AvgIpc) is 2.57. The van der Waals surface area contributed by atoms with Crippen LogP contribution in [0.25, 0.3) is 5.69 Å². The molecule has 0 aliphatic carbocycles. The molecule has 0 unspecified atom stereocenters. The minimum absolute atomic E-state index is 0.0504. The smallest absolute Gasteiger partial charge is 0.141 e. The Morgan fingerprint density at radius 1 is 1.24 bits per heavy atom. The zero-order valence-electron chi connectivity index (χ0n) is 10.1. The lowest BCUT2D eigenvalue weighted by molar-refractivity contribution is 0.558. The third-order valence-electron chi connectivity index (χ3n) is 2.48. The second kappa shape index (κ2) is 4.14. The maximum Gasteiger partial charge on any atom is 0.141 e. The lowest BCUT2D eigenvalue weighted by Crippen LogP contribution is -2.13. The molecule has 0 spiro atoms. The van der Waals surface area contributed by atoms with E-state index >= 15 is 0 Å². The number of hydrogen-bond acceptors (Lipinski definition) is 3. The second-order valence-corrected chi connectivity index (χ2v) is 5.71. The third kappa shape index (κ3) is 2.20. The van der Waals surface area contributed by atoms with Crippen molar-refractivity contribution in [1.29, 1.82) is 0 Å². The minimum atomic E-state index is -0.0504. The van der Waals surface area contributed by atoms with Gasteiger partial charge >= 0.3 is 0 Å². The van der Waals surface area contributed by atoms with Crippen LogP contribution in [0.5, 0.6) is 0 Å². The van der Waals surface area contributed by atoms with Gasteiger partial charge in [0.15, 0.2) is 0 Å². The predicted molar refractivity (Wildman–Crippen MR) is 72.2 cm³/mol. The van der Waals surface area contributed by atoms with Gasteiger partial charge in [0, 0.05) is 17.8 Å². The molecule has 5 heteroatoms. The molecule has 0 aromatic carbocycles. The van der Waals surface area contributed by atoms with E-state index in [1.54, 1.807) is 17.1 Å². The van der Waals surface area contributed by atoms with Crippen LogP contribution >= 0.6 is 15.9 Å². The number of aromatic nitrogens is 3. The molecule has 0 radical (unpaired) electrons. The number of nitrogens with two attached hydrogens (primary N) is 1. The van der Waals surface area contributed by atoms with Gasteiger partial charge in [-0.15, -0.1) is 0 Å². The Morgan fingerprint density at radius 2 is 1.82 bits per heavy atom. The number of anilines is 1. The van der Waals surface area contributed by atoms with Crippen LogP contribution < -0.4 is 5.73 Å². The standard InChI is InChI=1S/C12H15BrN4/c1-12(2,3)10-9(13)11(14)17(16-10)8-4-6-15-7-5-8/h4-7H,14H2,1-3H3. The third-order valence-corrected chi connectivity index (χ3v) is 3.26. The van der Waals surface area contributed by atoms with Crippen molar-refractivity contribution < 1.29 is 0 Å². The van der Waals surface area contributed by atoms with Gasteiger partial charge in [0.25, 0.3) is 0 Å². The van der Waals surface area contributed by atoms with Crippen LogP contribution in [0.4, 0.5) is 5.82 Å². The van der Waals surface area contributed by atoms with E-state index in [9.17, 15) is 0 Å². The molecule has 0 fully saturated rings. The van der Waals surface area contributed by atoms with E-state index in [1.165, 1.54) is 0 Å². The van der Waals surface area contributed by atoms with Gasteiger partial charge in [-0.2, -0.15) is 5.10 Å². The van der Waals surface area contributed by atoms with Crippen LogP contribution in [0, 0.1) is 0 Å². The molecule has 2 heterocycles. The van der Waals surface area contributed by atoms with E-state index in [-0.39, 0.29) is 5.41 Å². The normalized spacial score (nSPS) is 11.8. The van der Waals surface area contributed by atoms with Gasteiger partial charge in [-0.25, -0.2) is 4.68 Å². The highest BCUT2D eigenvalue weighted by atomic mass is 79.9. The van der Waals surface area contributed by atoms with Crippen LogP contribution in [0.15, 0.2) is 29.0 Å². The lowest BCUT2D eigenvalue weighted by Gasteiger charge is -2.15. The highest BCUT2D eigenvalue weighted by Gasteiger charge is 2.24. The van der Waals surface area contributed by atoms with E-state index in [0.717, 1.165) is 15.9 Å². The van der Waals surface area contributed by atoms with Crippen molar-refractivity contribution in [2.24, 2.45) is 0 Å². The molecule has 0 aliphatic rings. The van der Waals surface area contributed by atoms with Crippen molar-refractivity contribution in [1.82, 2.24) is 14.8 Å². The summed E-state index contributed by atoms with van der Waals surface area (Å²) < 4.78 is 2.59. The molecule has 2 aromatic rings. The van der Waals surface area contributed by atoms with Gasteiger partial charge < -0.3 is 5.73 Å². The zero-order chi connectivity index (χ0) is 12.6. The van der Waals surface area contributed by atoms with E-state index in [0.29, 0.717) is 5.82 Å². The molecule has 0 aliphatic heterocycles. The molecule has 0 atom stereocenters. The summed E-state index contributed by atoms with van der Waals surface area (Å²) >= 11 is 3.51. The summed E-state index contributed by atoms with van der Waals surface area (Å²) in [6, 6.07) is 3.75. The maximum atomic E-state index is 6.07. The van der Waals surface area contributed by atoms with E-state index in [1.807, 2.05) is 12.1 Å². The fourth-order valence-electron chi connectivity index (χ4n) is 1.57. The van der Waals surface area contributed by atoms with Gasteiger partial charge in [0.2, 0.25) is 0 Å². The van der Waals surface area contributed by atoms with E-state index in [4.69, 9.17) is 5.73 Å². The van der Waals surface area contributed by atoms with Crippen molar-refractivity contribution in [3.05, 3.63) is 34.7 Å². The fraction of sp³-hybridized carbons (Fsp3) is 0.333. The first-order valence-corrected chi connectivity index (χ1v) is 6.15. The van der Waals surface area contributed by atoms with Crippen molar-refractivity contribution in [3.63, 3.8) is 0 Å². The molecule has 0 saturated heterocycles. The Bertz CT molecular complexity index is 525. The Hall–Kier alpha value is -1.36. The second-order valence-electron chi connectivity index (χ2n) is 4.92. The lowest BCUT2D eigenvalue weighted by atomic mass is 9.92. The van der Waals surface area contributed by atoms with Gasteiger partial charge in [-0.05, 0) is 28.1 Å². The number of pyridine rings is 1. The molecule has 2 N–H and O–H groups in total. The fourth-order valence-corrected chi connectivity index (χ4v) is 2.42. The molecule has 90 valence electrons. The number of halogens is 1. The summed E-state index contributed by atoms with van der Waals surface area (Å²) in [6.07, 6.45) is 3.45. The summed E-state index contributed by atoms with van der Waals surface area (Å²) in [4.78, 5) is 3.98. The van der Waals surface area contributed by atoms with Crippen LogP contribution in [0.3, 0.4) is 0 Å². The summed E-state index contributed by atoms with van der Waals surface area (Å²) in [5, 5.41) is 4.57. The molecular weight excluding hydrogens is 280 g/mol. The first kappa shape index (κ1) is 12.1. The van der Waals surface area contributed by atoms with Gasteiger partial charge in [-0.1, -0.05) is 20.8 Å².